The van der Waals surface area contributed by atoms with E-state index in [1.54, 1.807) is 36.1 Å². The van der Waals surface area contributed by atoms with Crippen LogP contribution in [0.1, 0.15) is 34.5 Å². The van der Waals surface area contributed by atoms with Crippen molar-refractivity contribution in [2.75, 3.05) is 5.32 Å². The SMILES string of the molecule is CC(O)c1cnc(-n2ncc3c(C(N)=O)cccc32)nc1NCc1ccccc1. The Labute approximate surface area is 167 Å². The number of hydrogen-bond donors (Lipinski definition) is 3. The number of nitrogens with one attached hydrogen (secondary N) is 1. The molecule has 4 rings (SSSR count). The highest BCUT2D eigenvalue weighted by Crippen LogP contribution is 2.24. The molecule has 0 spiro atoms. The highest BCUT2D eigenvalue weighted by molar-refractivity contribution is 6.05. The second kappa shape index (κ2) is 7.69. The number of nitrogens with two attached hydrogens (primary N) is 1. The number of rotatable bonds is 6. The number of nitrogens with zero attached hydrogens (tertiary/aromatic N) is 4. The standard InChI is InChI=1S/C21H20N6O2/c1-13(28)16-11-24-21(26-20(16)23-10-14-6-3-2-4-7-14)27-18-9-5-8-15(19(22)29)17(18)12-25-27/h2-9,11-13,28H,10H2,1H3,(H2,22,29)(H,23,24,26). The van der Waals surface area contributed by atoms with E-state index in [4.69, 9.17) is 5.73 Å². The summed E-state index contributed by atoms with van der Waals surface area (Å²) in [6.07, 6.45) is 2.41. The van der Waals surface area contributed by atoms with Crippen LogP contribution in [0.5, 0.6) is 0 Å². The predicted molar refractivity (Wildman–Crippen MR) is 110 cm³/mol. The number of amides is 1. The van der Waals surface area contributed by atoms with E-state index >= 15 is 0 Å². The van der Waals surface area contributed by atoms with Gasteiger partial charge in [-0.2, -0.15) is 14.8 Å². The fourth-order valence-electron chi connectivity index (χ4n) is 3.14. The number of aromatic nitrogens is 4. The Balaban J connectivity index is 1.74. The maximum atomic E-state index is 11.7. The Kier molecular flexibility index (Phi) is 4.92. The van der Waals surface area contributed by atoms with Gasteiger partial charge in [-0.1, -0.05) is 36.4 Å². The van der Waals surface area contributed by atoms with Crippen LogP contribution < -0.4 is 11.1 Å². The van der Waals surface area contributed by atoms with Gasteiger partial charge in [0, 0.05) is 23.7 Å². The number of primary amides is 1. The summed E-state index contributed by atoms with van der Waals surface area (Å²) in [5.41, 5.74) is 8.17. The molecule has 29 heavy (non-hydrogen) atoms. The number of hydrogen-bond acceptors (Lipinski definition) is 6. The van der Waals surface area contributed by atoms with E-state index in [9.17, 15) is 9.90 Å². The number of aliphatic hydroxyl groups is 1. The molecule has 2 aromatic carbocycles. The van der Waals surface area contributed by atoms with E-state index in [1.807, 2.05) is 36.4 Å². The summed E-state index contributed by atoms with van der Waals surface area (Å²) in [5.74, 6) is 0.316. The number of fused-ring (bicyclic) bond motifs is 1. The smallest absolute Gasteiger partial charge is 0.253 e. The van der Waals surface area contributed by atoms with Gasteiger partial charge < -0.3 is 16.2 Å². The Bertz CT molecular complexity index is 1170. The molecule has 0 aliphatic heterocycles. The van der Waals surface area contributed by atoms with E-state index in [1.165, 1.54) is 0 Å². The first-order valence-corrected chi connectivity index (χ1v) is 9.14. The number of carbonyl (C=O) groups is 1. The Hall–Kier alpha value is -3.78. The lowest BCUT2D eigenvalue weighted by atomic mass is 10.1. The average molecular weight is 388 g/mol. The summed E-state index contributed by atoms with van der Waals surface area (Å²) >= 11 is 0. The first kappa shape index (κ1) is 18.6. The zero-order valence-electron chi connectivity index (χ0n) is 15.8. The number of benzene rings is 2. The summed E-state index contributed by atoms with van der Waals surface area (Å²) in [5, 5.41) is 18.3. The highest BCUT2D eigenvalue weighted by Gasteiger charge is 2.16. The van der Waals surface area contributed by atoms with Gasteiger partial charge in [-0.15, -0.1) is 0 Å². The second-order valence-electron chi connectivity index (χ2n) is 6.65. The van der Waals surface area contributed by atoms with Gasteiger partial charge in [-0.25, -0.2) is 4.98 Å². The van der Waals surface area contributed by atoms with Crippen molar-refractivity contribution in [1.29, 1.82) is 0 Å². The number of carbonyl (C=O) groups excluding carboxylic acids is 1. The van der Waals surface area contributed by atoms with Gasteiger partial charge in [-0.3, -0.25) is 4.79 Å². The zero-order valence-corrected chi connectivity index (χ0v) is 15.8. The summed E-state index contributed by atoms with van der Waals surface area (Å²) in [4.78, 5) is 20.6. The lowest BCUT2D eigenvalue weighted by molar-refractivity contribution is 0.100. The maximum absolute atomic E-state index is 11.7. The van der Waals surface area contributed by atoms with E-state index in [0.717, 1.165) is 5.56 Å². The van der Waals surface area contributed by atoms with Gasteiger partial charge in [0.25, 0.3) is 5.95 Å². The maximum Gasteiger partial charge on any atom is 0.253 e. The summed E-state index contributed by atoms with van der Waals surface area (Å²) in [6.45, 7) is 2.21. The van der Waals surface area contributed by atoms with Crippen LogP contribution in [0.4, 0.5) is 5.82 Å². The minimum absolute atomic E-state index is 0.321. The zero-order chi connectivity index (χ0) is 20.4. The molecule has 146 valence electrons. The largest absolute Gasteiger partial charge is 0.389 e. The molecule has 8 nitrogen and oxygen atoms in total. The van der Waals surface area contributed by atoms with Gasteiger partial charge in [0.15, 0.2) is 0 Å². The molecule has 2 heterocycles. The molecule has 4 aromatic rings. The van der Waals surface area contributed by atoms with E-state index in [2.05, 4.69) is 20.4 Å². The Morgan fingerprint density at radius 2 is 1.97 bits per heavy atom. The Morgan fingerprint density at radius 3 is 2.69 bits per heavy atom. The van der Waals surface area contributed by atoms with Crippen LogP contribution in [0.25, 0.3) is 16.9 Å². The van der Waals surface area contributed by atoms with Crippen LogP contribution in [0, 0.1) is 0 Å². The van der Waals surface area contributed by atoms with Gasteiger partial charge >= 0.3 is 0 Å². The summed E-state index contributed by atoms with van der Waals surface area (Å²) in [7, 11) is 0. The van der Waals surface area contributed by atoms with Crippen molar-refractivity contribution >= 4 is 22.6 Å². The molecule has 0 saturated heterocycles. The third kappa shape index (κ3) is 3.65. The minimum Gasteiger partial charge on any atom is -0.389 e. The predicted octanol–water partition coefficient (Wildman–Crippen LogP) is 2.58. The fourth-order valence-corrected chi connectivity index (χ4v) is 3.14. The number of anilines is 1. The first-order chi connectivity index (χ1) is 14.0. The third-order valence-electron chi connectivity index (χ3n) is 4.63. The molecule has 0 bridgehead atoms. The molecule has 0 saturated carbocycles. The van der Waals surface area contributed by atoms with Crippen molar-refractivity contribution in [1.82, 2.24) is 19.7 Å². The van der Waals surface area contributed by atoms with Crippen molar-refractivity contribution in [2.45, 2.75) is 19.6 Å². The third-order valence-corrected chi connectivity index (χ3v) is 4.63. The van der Waals surface area contributed by atoms with Crippen LogP contribution in [-0.2, 0) is 6.54 Å². The quantitative estimate of drug-likeness (QED) is 0.467. The average Bonchev–Trinajstić information content (AvgIpc) is 3.16. The lowest BCUT2D eigenvalue weighted by Gasteiger charge is -2.14. The van der Waals surface area contributed by atoms with Crippen LogP contribution in [0.2, 0.25) is 0 Å². The van der Waals surface area contributed by atoms with Crippen molar-refractivity contribution in [3.05, 3.63) is 77.6 Å². The molecular formula is C21H20N6O2. The summed E-state index contributed by atoms with van der Waals surface area (Å²) < 4.78 is 1.54. The topological polar surface area (TPSA) is 119 Å². The van der Waals surface area contributed by atoms with Gasteiger partial charge in [0.1, 0.15) is 5.82 Å². The second-order valence-corrected chi connectivity index (χ2v) is 6.65. The highest BCUT2D eigenvalue weighted by atomic mass is 16.3. The molecule has 8 heteroatoms. The van der Waals surface area contributed by atoms with Crippen LogP contribution in [0.3, 0.4) is 0 Å². The van der Waals surface area contributed by atoms with E-state index < -0.39 is 12.0 Å². The Morgan fingerprint density at radius 1 is 1.17 bits per heavy atom. The van der Waals surface area contributed by atoms with Gasteiger partial charge in [0.2, 0.25) is 5.91 Å². The van der Waals surface area contributed by atoms with E-state index in [-0.39, 0.29) is 0 Å². The van der Waals surface area contributed by atoms with Crippen LogP contribution in [-0.4, -0.2) is 30.8 Å². The molecule has 0 aliphatic rings. The molecule has 1 atom stereocenters. The number of aliphatic hydroxyl groups excluding tert-OH is 1. The van der Waals surface area contributed by atoms with Gasteiger partial charge in [-0.05, 0) is 24.6 Å². The molecule has 4 N–H and O–H groups in total. The lowest BCUT2D eigenvalue weighted by Crippen LogP contribution is -2.12. The molecule has 1 unspecified atom stereocenters. The van der Waals surface area contributed by atoms with Crippen molar-refractivity contribution < 1.29 is 9.90 Å². The fraction of sp³-hybridized carbons (Fsp3) is 0.143. The molecule has 1 amide bonds. The van der Waals surface area contributed by atoms with Crippen LogP contribution in [0.15, 0.2) is 60.9 Å². The first-order valence-electron chi connectivity index (χ1n) is 9.14. The van der Waals surface area contributed by atoms with Crippen molar-refractivity contribution in [2.24, 2.45) is 5.73 Å². The summed E-state index contributed by atoms with van der Waals surface area (Å²) in [6, 6.07) is 15.1. The van der Waals surface area contributed by atoms with E-state index in [0.29, 0.717) is 40.3 Å². The van der Waals surface area contributed by atoms with Crippen molar-refractivity contribution in [3.8, 4) is 5.95 Å². The molecular weight excluding hydrogens is 368 g/mol. The van der Waals surface area contributed by atoms with Crippen LogP contribution >= 0.6 is 0 Å². The molecule has 0 fully saturated rings. The van der Waals surface area contributed by atoms with Crippen molar-refractivity contribution in [3.63, 3.8) is 0 Å². The normalized spacial score (nSPS) is 12.1. The van der Waals surface area contributed by atoms with Gasteiger partial charge in [0.05, 0.1) is 23.4 Å². The molecule has 0 radical (unpaired) electrons. The minimum atomic E-state index is -0.738. The molecule has 2 aromatic heterocycles. The molecule has 0 aliphatic carbocycles. The monoisotopic (exact) mass is 388 g/mol.